The van der Waals surface area contributed by atoms with Crippen LogP contribution in [0.1, 0.15) is 87.8 Å². The summed E-state index contributed by atoms with van der Waals surface area (Å²) in [6.45, 7) is 2.32. The fourth-order valence-electron chi connectivity index (χ4n) is 5.19. The first-order chi connectivity index (χ1) is 12.1. The Kier molecular flexibility index (Phi) is 6.04. The highest BCUT2D eigenvalue weighted by molar-refractivity contribution is 5.86. The average molecular weight is 375 g/mol. The van der Waals surface area contributed by atoms with Gasteiger partial charge in [0.05, 0.1) is 0 Å². The molecule has 2 aliphatic rings. The molecule has 2 aliphatic carbocycles. The third-order valence-electron chi connectivity index (χ3n) is 7.03. The molecule has 2 fully saturated rings. The van der Waals surface area contributed by atoms with Gasteiger partial charge in [-0.3, -0.25) is 0 Å². The van der Waals surface area contributed by atoms with Crippen molar-refractivity contribution in [2.75, 3.05) is 14.1 Å². The number of aromatic nitrogens is 1. The molecule has 26 heavy (non-hydrogen) atoms. The minimum absolute atomic E-state index is 0. The summed E-state index contributed by atoms with van der Waals surface area (Å²) in [6.07, 6.45) is 12.2. The SMILES string of the molecule is CCCCC1(N(C)C)CCC(c2[nH]c3ccccc3c2C2CC2)CC1.Cl. The van der Waals surface area contributed by atoms with Crippen LogP contribution in [0, 0.1) is 0 Å². The Bertz CT molecular complexity index is 721. The molecule has 0 bridgehead atoms. The molecule has 2 aromatic rings. The first kappa shape index (κ1) is 19.8. The highest BCUT2D eigenvalue weighted by atomic mass is 35.5. The van der Waals surface area contributed by atoms with E-state index in [1.54, 1.807) is 11.3 Å². The molecular formula is C23H35ClN2. The van der Waals surface area contributed by atoms with E-state index in [-0.39, 0.29) is 12.4 Å². The van der Waals surface area contributed by atoms with Gasteiger partial charge in [0, 0.05) is 22.1 Å². The molecule has 0 radical (unpaired) electrons. The standard InChI is InChI=1S/C23H34N2.ClH/c1-4-5-14-23(25(2)3)15-12-18(13-16-23)22-21(17-10-11-17)19-8-6-7-9-20(19)24-22;/h6-9,17-18,24H,4-5,10-16H2,1-3H3;1H. The van der Waals surface area contributed by atoms with Gasteiger partial charge in [0.1, 0.15) is 0 Å². The van der Waals surface area contributed by atoms with Crippen LogP contribution in [-0.4, -0.2) is 29.5 Å². The van der Waals surface area contributed by atoms with Crippen LogP contribution >= 0.6 is 12.4 Å². The largest absolute Gasteiger partial charge is 0.358 e. The number of benzene rings is 1. The Balaban J connectivity index is 0.00000196. The van der Waals surface area contributed by atoms with Crippen molar-refractivity contribution in [1.82, 2.24) is 9.88 Å². The van der Waals surface area contributed by atoms with Gasteiger partial charge in [-0.15, -0.1) is 12.4 Å². The van der Waals surface area contributed by atoms with Crippen LogP contribution in [-0.2, 0) is 0 Å². The van der Waals surface area contributed by atoms with Gasteiger partial charge in [-0.2, -0.15) is 0 Å². The third-order valence-corrected chi connectivity index (χ3v) is 7.03. The van der Waals surface area contributed by atoms with E-state index in [1.165, 1.54) is 68.7 Å². The van der Waals surface area contributed by atoms with Gasteiger partial charge in [-0.05, 0) is 82.5 Å². The molecule has 1 aromatic carbocycles. The van der Waals surface area contributed by atoms with Crippen molar-refractivity contribution < 1.29 is 0 Å². The van der Waals surface area contributed by atoms with E-state index in [4.69, 9.17) is 0 Å². The van der Waals surface area contributed by atoms with Crippen molar-refractivity contribution in [1.29, 1.82) is 0 Å². The monoisotopic (exact) mass is 374 g/mol. The van der Waals surface area contributed by atoms with Gasteiger partial charge in [-0.25, -0.2) is 0 Å². The second kappa shape index (κ2) is 7.94. The van der Waals surface area contributed by atoms with Gasteiger partial charge in [0.2, 0.25) is 0 Å². The lowest BCUT2D eigenvalue weighted by molar-refractivity contribution is 0.0802. The molecule has 2 nitrogen and oxygen atoms in total. The predicted octanol–water partition coefficient (Wildman–Crippen LogP) is 6.62. The van der Waals surface area contributed by atoms with Crippen LogP contribution in [0.2, 0.25) is 0 Å². The molecular weight excluding hydrogens is 340 g/mol. The number of hydrogen-bond donors (Lipinski definition) is 1. The maximum absolute atomic E-state index is 3.84. The summed E-state index contributed by atoms with van der Waals surface area (Å²) in [4.78, 5) is 6.38. The molecule has 0 amide bonds. The first-order valence-electron chi connectivity index (χ1n) is 10.4. The van der Waals surface area contributed by atoms with Crippen LogP contribution in [0.25, 0.3) is 10.9 Å². The zero-order valence-electron chi connectivity index (χ0n) is 16.7. The summed E-state index contributed by atoms with van der Waals surface area (Å²) in [7, 11) is 4.60. The maximum Gasteiger partial charge on any atom is 0.0459 e. The van der Waals surface area contributed by atoms with Crippen LogP contribution in [0.4, 0.5) is 0 Å². The highest BCUT2D eigenvalue weighted by Crippen LogP contribution is 2.50. The van der Waals surface area contributed by atoms with Crippen molar-refractivity contribution in [3.8, 4) is 0 Å². The number of nitrogens with one attached hydrogen (secondary N) is 1. The Hall–Kier alpha value is -0.990. The van der Waals surface area contributed by atoms with Crippen LogP contribution in [0.15, 0.2) is 24.3 Å². The zero-order valence-corrected chi connectivity index (χ0v) is 17.5. The lowest BCUT2D eigenvalue weighted by atomic mass is 9.71. The molecule has 144 valence electrons. The fourth-order valence-corrected chi connectivity index (χ4v) is 5.19. The quantitative estimate of drug-likeness (QED) is 0.602. The zero-order chi connectivity index (χ0) is 17.4. The smallest absolute Gasteiger partial charge is 0.0459 e. The van der Waals surface area contributed by atoms with Gasteiger partial charge < -0.3 is 9.88 Å². The van der Waals surface area contributed by atoms with Crippen molar-refractivity contribution in [3.63, 3.8) is 0 Å². The van der Waals surface area contributed by atoms with Crippen LogP contribution in [0.3, 0.4) is 0 Å². The maximum atomic E-state index is 3.84. The summed E-state index contributed by atoms with van der Waals surface area (Å²) in [5, 5.41) is 1.50. The molecule has 4 rings (SSSR count). The Morgan fingerprint density at radius 3 is 2.35 bits per heavy atom. The van der Waals surface area contributed by atoms with Crippen LogP contribution < -0.4 is 0 Å². The van der Waals surface area contributed by atoms with E-state index in [0.29, 0.717) is 5.54 Å². The molecule has 3 heteroatoms. The molecule has 1 aromatic heterocycles. The number of para-hydroxylation sites is 1. The van der Waals surface area contributed by atoms with Crippen molar-refractivity contribution in [2.24, 2.45) is 0 Å². The van der Waals surface area contributed by atoms with Crippen molar-refractivity contribution >= 4 is 23.3 Å². The summed E-state index contributed by atoms with van der Waals surface area (Å²) in [5.41, 5.74) is 5.06. The molecule has 2 saturated carbocycles. The third kappa shape index (κ3) is 3.55. The number of unbranched alkanes of at least 4 members (excludes halogenated alkanes) is 1. The molecule has 0 aliphatic heterocycles. The summed E-state index contributed by atoms with van der Waals surface area (Å²) >= 11 is 0. The number of nitrogens with zero attached hydrogens (tertiary/aromatic N) is 1. The molecule has 1 N–H and O–H groups in total. The van der Waals surface area contributed by atoms with Crippen molar-refractivity contribution in [2.45, 2.75) is 82.1 Å². The average Bonchev–Trinajstić information content (AvgIpc) is 3.40. The molecule has 0 atom stereocenters. The number of H-pyrrole nitrogens is 1. The lowest BCUT2D eigenvalue weighted by Crippen LogP contribution is -2.46. The Morgan fingerprint density at radius 2 is 1.73 bits per heavy atom. The number of aromatic amines is 1. The number of halogens is 1. The van der Waals surface area contributed by atoms with Gasteiger partial charge >= 0.3 is 0 Å². The number of hydrogen-bond acceptors (Lipinski definition) is 1. The minimum Gasteiger partial charge on any atom is -0.358 e. The summed E-state index contributed by atoms with van der Waals surface area (Å²) in [5.74, 6) is 1.56. The molecule has 0 unspecified atom stereocenters. The van der Waals surface area contributed by atoms with Crippen LogP contribution in [0.5, 0.6) is 0 Å². The lowest BCUT2D eigenvalue weighted by Gasteiger charge is -2.45. The van der Waals surface area contributed by atoms with Gasteiger partial charge in [-0.1, -0.05) is 38.0 Å². The van der Waals surface area contributed by atoms with Gasteiger partial charge in [0.15, 0.2) is 0 Å². The molecule has 0 saturated heterocycles. The number of rotatable bonds is 6. The van der Waals surface area contributed by atoms with Gasteiger partial charge in [0.25, 0.3) is 0 Å². The van der Waals surface area contributed by atoms with E-state index < -0.39 is 0 Å². The van der Waals surface area contributed by atoms with E-state index in [0.717, 1.165) is 11.8 Å². The second-order valence-electron chi connectivity index (χ2n) is 8.77. The van der Waals surface area contributed by atoms with E-state index in [1.807, 2.05) is 0 Å². The van der Waals surface area contributed by atoms with E-state index in [2.05, 4.69) is 55.2 Å². The Morgan fingerprint density at radius 1 is 1.04 bits per heavy atom. The highest BCUT2D eigenvalue weighted by Gasteiger charge is 2.39. The second-order valence-corrected chi connectivity index (χ2v) is 8.77. The van der Waals surface area contributed by atoms with Crippen molar-refractivity contribution in [3.05, 3.63) is 35.5 Å². The molecule has 1 heterocycles. The molecule has 0 spiro atoms. The predicted molar refractivity (Wildman–Crippen MR) is 115 cm³/mol. The van der Waals surface area contributed by atoms with E-state index in [9.17, 15) is 0 Å². The number of fused-ring (bicyclic) bond motifs is 1. The van der Waals surface area contributed by atoms with E-state index >= 15 is 0 Å². The summed E-state index contributed by atoms with van der Waals surface area (Å²) in [6, 6.07) is 8.96. The first-order valence-corrected chi connectivity index (χ1v) is 10.4. The summed E-state index contributed by atoms with van der Waals surface area (Å²) < 4.78 is 0. The minimum atomic E-state index is 0. The topological polar surface area (TPSA) is 19.0 Å². The normalized spacial score (nSPS) is 26.2. The Labute approximate surface area is 165 Å². The fraction of sp³-hybridized carbons (Fsp3) is 0.652.